The molecule has 160 valence electrons. The molecule has 2 aromatic rings. The molecule has 0 unspecified atom stereocenters. The van der Waals surface area contributed by atoms with E-state index in [1.807, 2.05) is 36.4 Å². The number of allylic oxidation sites excluding steroid dienone is 1. The van der Waals surface area contributed by atoms with E-state index in [4.69, 9.17) is 20.2 Å². The van der Waals surface area contributed by atoms with Crippen LogP contribution in [0.15, 0.2) is 59.7 Å². The lowest BCUT2D eigenvalue weighted by atomic mass is 9.65. The first-order valence-corrected chi connectivity index (χ1v) is 11.0. The van der Waals surface area contributed by atoms with E-state index in [1.165, 1.54) is 6.20 Å². The van der Waals surface area contributed by atoms with E-state index in [2.05, 4.69) is 11.4 Å². The molecule has 5 rings (SSSR count). The Balaban J connectivity index is 1.61. The van der Waals surface area contributed by atoms with E-state index in [0.717, 1.165) is 60.3 Å². The largest absolute Gasteiger partial charge is 0.488 e. The van der Waals surface area contributed by atoms with Crippen LogP contribution < -0.4 is 15.8 Å². The zero-order valence-electron chi connectivity index (χ0n) is 17.5. The van der Waals surface area contributed by atoms with E-state index >= 15 is 0 Å². The van der Waals surface area contributed by atoms with Crippen molar-refractivity contribution in [3.63, 3.8) is 0 Å². The Labute approximate surface area is 182 Å². The lowest BCUT2D eigenvalue weighted by molar-refractivity contribution is -0.123. The minimum atomic E-state index is -0.441. The van der Waals surface area contributed by atoms with Gasteiger partial charge in [0.2, 0.25) is 5.91 Å². The van der Waals surface area contributed by atoms with Gasteiger partial charge in [0.15, 0.2) is 0 Å². The average molecular weight is 418 g/mol. The molecule has 1 saturated heterocycles. The number of aliphatic imine (C=N–C) groups is 1. The highest BCUT2D eigenvalue weighted by molar-refractivity contribution is 6.13. The summed E-state index contributed by atoms with van der Waals surface area (Å²) in [4.78, 5) is 17.7. The fraction of sp³-hybridized carbons (Fsp3) is 0.360. The van der Waals surface area contributed by atoms with Crippen LogP contribution in [0, 0.1) is 0 Å². The number of nitrogens with zero attached hydrogens (tertiary/aromatic N) is 1. The van der Waals surface area contributed by atoms with Crippen molar-refractivity contribution in [2.45, 2.75) is 43.6 Å². The lowest BCUT2D eigenvalue weighted by Crippen LogP contribution is -2.40. The van der Waals surface area contributed by atoms with Crippen molar-refractivity contribution >= 4 is 23.0 Å². The molecular weight excluding hydrogens is 390 g/mol. The molecule has 1 saturated carbocycles. The van der Waals surface area contributed by atoms with Crippen LogP contribution in [0.3, 0.4) is 0 Å². The van der Waals surface area contributed by atoms with Crippen molar-refractivity contribution in [3.05, 3.63) is 65.9 Å². The fourth-order valence-electron chi connectivity index (χ4n) is 4.65. The number of benzene rings is 2. The Morgan fingerprint density at radius 3 is 2.65 bits per heavy atom. The third-order valence-electron chi connectivity index (χ3n) is 6.52. The topological polar surface area (TPSA) is 85.9 Å². The number of hydrogen-bond donors (Lipinski definition) is 2. The standard InChI is InChI=1S/C25H27N3O3/c26-12-7-21(27-18-5-2-1-3-6-18)17-15-20-23(28-24(29)25(20)10-4-11-25)22(16-17)31-19-8-13-30-14-9-19/h1-3,5-7,12,15-16,19H,4,8-11,13-14,26H2,(H,28,29). The number of nitrogens with two attached hydrogens (primary N) is 1. The molecule has 31 heavy (non-hydrogen) atoms. The number of para-hydroxylation sites is 1. The summed E-state index contributed by atoms with van der Waals surface area (Å²) in [5, 5.41) is 3.12. The van der Waals surface area contributed by atoms with Crippen LogP contribution in [0.4, 0.5) is 11.4 Å². The van der Waals surface area contributed by atoms with Gasteiger partial charge in [-0.15, -0.1) is 0 Å². The van der Waals surface area contributed by atoms with Crippen LogP contribution in [0.1, 0.15) is 43.2 Å². The van der Waals surface area contributed by atoms with Crippen LogP contribution in [-0.4, -0.2) is 30.9 Å². The van der Waals surface area contributed by atoms with Gasteiger partial charge in [0.05, 0.1) is 35.7 Å². The molecular formula is C25H27N3O3. The maximum Gasteiger partial charge on any atom is 0.235 e. The Morgan fingerprint density at radius 2 is 1.97 bits per heavy atom. The summed E-state index contributed by atoms with van der Waals surface area (Å²) in [7, 11) is 0. The van der Waals surface area contributed by atoms with Crippen molar-refractivity contribution < 1.29 is 14.3 Å². The lowest BCUT2D eigenvalue weighted by Gasteiger charge is -2.36. The van der Waals surface area contributed by atoms with Gasteiger partial charge in [-0.05, 0) is 54.9 Å². The first kappa shape index (κ1) is 19.8. The summed E-state index contributed by atoms with van der Waals surface area (Å²) in [5.74, 6) is 0.793. The van der Waals surface area contributed by atoms with Crippen molar-refractivity contribution in [2.75, 3.05) is 18.5 Å². The summed E-state index contributed by atoms with van der Waals surface area (Å²) in [6, 6.07) is 13.8. The molecule has 3 N–H and O–H groups in total. The second-order valence-electron chi connectivity index (χ2n) is 8.41. The monoisotopic (exact) mass is 417 g/mol. The van der Waals surface area contributed by atoms with Crippen LogP contribution in [0.2, 0.25) is 0 Å². The maximum atomic E-state index is 12.9. The summed E-state index contributed by atoms with van der Waals surface area (Å²) in [6.45, 7) is 1.39. The van der Waals surface area contributed by atoms with Crippen molar-refractivity contribution in [1.29, 1.82) is 0 Å². The molecule has 0 bridgehead atoms. The van der Waals surface area contributed by atoms with E-state index in [-0.39, 0.29) is 12.0 Å². The first-order valence-electron chi connectivity index (χ1n) is 11.0. The molecule has 1 amide bonds. The van der Waals surface area contributed by atoms with Crippen LogP contribution >= 0.6 is 0 Å². The van der Waals surface area contributed by atoms with Crippen LogP contribution in [-0.2, 0) is 14.9 Å². The molecule has 2 heterocycles. The molecule has 0 atom stereocenters. The third kappa shape index (κ3) is 3.61. The molecule has 0 radical (unpaired) electrons. The van der Waals surface area contributed by atoms with Gasteiger partial charge in [-0.3, -0.25) is 4.79 Å². The SMILES string of the molecule is NC=CC(=Nc1ccccc1)c1cc(OC2CCOCC2)c2c(c1)C1(CCC1)C(=O)N2. The Kier molecular flexibility index (Phi) is 5.24. The quantitative estimate of drug-likeness (QED) is 0.714. The molecule has 2 aliphatic heterocycles. The minimum absolute atomic E-state index is 0.0718. The van der Waals surface area contributed by atoms with E-state index in [0.29, 0.717) is 19.0 Å². The second-order valence-corrected chi connectivity index (χ2v) is 8.41. The van der Waals surface area contributed by atoms with Crippen molar-refractivity contribution in [1.82, 2.24) is 0 Å². The second kappa shape index (κ2) is 8.19. The van der Waals surface area contributed by atoms with Crippen LogP contribution in [0.5, 0.6) is 5.75 Å². The predicted molar refractivity (Wildman–Crippen MR) is 121 cm³/mol. The fourth-order valence-corrected chi connectivity index (χ4v) is 4.65. The number of carbonyl (C=O) groups excluding carboxylic acids is 1. The van der Waals surface area contributed by atoms with E-state index in [9.17, 15) is 4.79 Å². The number of rotatable bonds is 5. The van der Waals surface area contributed by atoms with Crippen molar-refractivity contribution in [2.24, 2.45) is 10.7 Å². The average Bonchev–Trinajstić information content (AvgIpc) is 3.07. The number of amides is 1. The van der Waals surface area contributed by atoms with E-state index in [1.54, 1.807) is 6.08 Å². The molecule has 1 spiro atoms. The van der Waals surface area contributed by atoms with E-state index < -0.39 is 5.41 Å². The summed E-state index contributed by atoms with van der Waals surface area (Å²) < 4.78 is 11.9. The molecule has 2 fully saturated rings. The first-order chi connectivity index (χ1) is 15.2. The summed E-state index contributed by atoms with van der Waals surface area (Å²) >= 11 is 0. The van der Waals surface area contributed by atoms with Crippen molar-refractivity contribution in [3.8, 4) is 5.75 Å². The highest BCUT2D eigenvalue weighted by Crippen LogP contribution is 2.54. The third-order valence-corrected chi connectivity index (χ3v) is 6.52. The molecule has 1 aliphatic carbocycles. The Hall–Kier alpha value is -3.12. The number of hydrogen-bond acceptors (Lipinski definition) is 5. The molecule has 3 aliphatic rings. The number of fused-ring (bicyclic) bond motifs is 2. The van der Waals surface area contributed by atoms with Gasteiger partial charge in [0.1, 0.15) is 11.9 Å². The number of nitrogens with one attached hydrogen (secondary N) is 1. The summed E-state index contributed by atoms with van der Waals surface area (Å²) in [5.41, 5.74) is 9.64. The Morgan fingerprint density at radius 1 is 1.19 bits per heavy atom. The normalized spacial score (nSPS) is 20.5. The molecule has 6 heteroatoms. The molecule has 6 nitrogen and oxygen atoms in total. The number of anilines is 1. The Bertz CT molecular complexity index is 1040. The zero-order valence-corrected chi connectivity index (χ0v) is 17.5. The van der Waals surface area contributed by atoms with Gasteiger partial charge < -0.3 is 20.5 Å². The molecule has 0 aromatic heterocycles. The predicted octanol–water partition coefficient (Wildman–Crippen LogP) is 4.21. The van der Waals surface area contributed by atoms with Gasteiger partial charge in [-0.1, -0.05) is 24.6 Å². The summed E-state index contributed by atoms with van der Waals surface area (Å²) in [6.07, 6.45) is 7.83. The number of carbonyl (C=O) groups is 1. The number of ether oxygens (including phenoxy) is 2. The highest BCUT2D eigenvalue weighted by atomic mass is 16.5. The zero-order chi connectivity index (χ0) is 21.3. The van der Waals surface area contributed by atoms with Gasteiger partial charge in [0.25, 0.3) is 0 Å². The molecule has 2 aromatic carbocycles. The van der Waals surface area contributed by atoms with Gasteiger partial charge >= 0.3 is 0 Å². The van der Waals surface area contributed by atoms with Gasteiger partial charge in [-0.25, -0.2) is 4.99 Å². The smallest absolute Gasteiger partial charge is 0.235 e. The van der Waals surface area contributed by atoms with Gasteiger partial charge in [0, 0.05) is 18.4 Å². The van der Waals surface area contributed by atoms with Gasteiger partial charge in [-0.2, -0.15) is 0 Å². The highest BCUT2D eigenvalue weighted by Gasteiger charge is 2.52. The minimum Gasteiger partial charge on any atom is -0.488 e. The maximum absolute atomic E-state index is 12.9. The van der Waals surface area contributed by atoms with Crippen LogP contribution in [0.25, 0.3) is 0 Å².